The van der Waals surface area contributed by atoms with Crippen molar-refractivity contribution in [3.05, 3.63) is 224 Å². The van der Waals surface area contributed by atoms with Gasteiger partial charge in [-0.3, -0.25) is 0 Å². The number of hydrogen-bond donors (Lipinski definition) is 0. The molecule has 0 aliphatic heterocycles. The standard InChI is InChI=1S/C54H37N3/c1-4-14-38(15-5-1)39-24-28-44(29-25-39)55(42-16-6-2-7-17-42)45-30-32-46(33-31-45)57-52-23-13-11-21-48(52)50-37-41(27-35-54(50)57)40-26-34-53-49(36-40)47-20-10-12-22-51(47)56(53)43-18-8-3-9-19-43/h1-37H. The van der Waals surface area contributed by atoms with Gasteiger partial charge in [-0.25, -0.2) is 0 Å². The molecule has 0 atom stereocenters. The fraction of sp³-hybridized carbons (Fsp3) is 0. The second-order valence-electron chi connectivity index (χ2n) is 14.6. The number of rotatable bonds is 7. The van der Waals surface area contributed by atoms with E-state index >= 15 is 0 Å². The fourth-order valence-electron chi connectivity index (χ4n) is 8.65. The maximum atomic E-state index is 2.40. The minimum atomic E-state index is 1.10. The van der Waals surface area contributed by atoms with Crippen LogP contribution in [0.2, 0.25) is 0 Å². The van der Waals surface area contributed by atoms with Crippen LogP contribution in [0.5, 0.6) is 0 Å². The lowest BCUT2D eigenvalue weighted by Gasteiger charge is -2.26. The summed E-state index contributed by atoms with van der Waals surface area (Å²) >= 11 is 0. The average Bonchev–Trinajstić information content (AvgIpc) is 3.80. The second-order valence-corrected chi connectivity index (χ2v) is 14.6. The SMILES string of the molecule is c1ccc(-c2ccc(N(c3ccccc3)c3ccc(-n4c5ccccc5c5cc(-c6ccc7c(c6)c6ccccc6n7-c6ccccc6)ccc54)cc3)cc2)cc1. The van der Waals surface area contributed by atoms with Gasteiger partial charge in [0.05, 0.1) is 22.1 Å². The van der Waals surface area contributed by atoms with Crippen LogP contribution in [0.25, 0.3) is 77.2 Å². The largest absolute Gasteiger partial charge is 0.311 e. The van der Waals surface area contributed by atoms with E-state index in [2.05, 4.69) is 238 Å². The van der Waals surface area contributed by atoms with E-state index in [1.807, 2.05) is 0 Å². The molecule has 11 rings (SSSR count). The van der Waals surface area contributed by atoms with Crippen LogP contribution in [-0.2, 0) is 0 Å². The summed E-state index contributed by atoms with van der Waals surface area (Å²) in [7, 11) is 0. The predicted octanol–water partition coefficient (Wildman–Crippen LogP) is 14.7. The molecule has 0 saturated heterocycles. The maximum Gasteiger partial charge on any atom is 0.0541 e. The van der Waals surface area contributed by atoms with E-state index in [1.165, 1.54) is 71.6 Å². The smallest absolute Gasteiger partial charge is 0.0541 e. The lowest BCUT2D eigenvalue weighted by Crippen LogP contribution is -2.10. The zero-order valence-corrected chi connectivity index (χ0v) is 31.2. The van der Waals surface area contributed by atoms with Gasteiger partial charge in [0.1, 0.15) is 0 Å². The Morgan fingerprint density at radius 1 is 0.246 bits per heavy atom. The van der Waals surface area contributed by atoms with E-state index in [0.29, 0.717) is 0 Å². The number of aromatic nitrogens is 2. The third-order valence-corrected chi connectivity index (χ3v) is 11.3. The van der Waals surface area contributed by atoms with Gasteiger partial charge in [0.15, 0.2) is 0 Å². The van der Waals surface area contributed by atoms with E-state index in [9.17, 15) is 0 Å². The highest BCUT2D eigenvalue weighted by Crippen LogP contribution is 2.40. The summed E-state index contributed by atoms with van der Waals surface area (Å²) in [5, 5.41) is 4.99. The Morgan fingerprint density at radius 3 is 1.16 bits per heavy atom. The van der Waals surface area contributed by atoms with Crippen molar-refractivity contribution in [1.82, 2.24) is 9.13 Å². The monoisotopic (exact) mass is 727 g/mol. The van der Waals surface area contributed by atoms with Crippen LogP contribution in [0.15, 0.2) is 224 Å². The van der Waals surface area contributed by atoms with Gasteiger partial charge < -0.3 is 14.0 Å². The molecule has 0 unspecified atom stereocenters. The third kappa shape index (κ3) is 5.60. The Balaban J connectivity index is 0.991. The summed E-state index contributed by atoms with van der Waals surface area (Å²) < 4.78 is 4.77. The van der Waals surface area contributed by atoms with E-state index in [0.717, 1.165) is 22.7 Å². The number of para-hydroxylation sites is 4. The molecule has 0 radical (unpaired) electrons. The lowest BCUT2D eigenvalue weighted by molar-refractivity contribution is 1.17. The van der Waals surface area contributed by atoms with Gasteiger partial charge in [-0.05, 0) is 119 Å². The van der Waals surface area contributed by atoms with Gasteiger partial charge in [0.25, 0.3) is 0 Å². The topological polar surface area (TPSA) is 13.1 Å². The first-order chi connectivity index (χ1) is 28.3. The molecule has 0 aliphatic carbocycles. The second kappa shape index (κ2) is 13.6. The Labute approximate surface area is 331 Å². The molecule has 2 aromatic heterocycles. The number of hydrogen-bond acceptors (Lipinski definition) is 1. The molecule has 0 saturated carbocycles. The molecule has 3 heteroatoms. The molecule has 9 aromatic carbocycles. The van der Waals surface area contributed by atoms with Crippen LogP contribution in [0.4, 0.5) is 17.1 Å². The van der Waals surface area contributed by atoms with Crippen molar-refractivity contribution >= 4 is 60.7 Å². The quantitative estimate of drug-likeness (QED) is 0.159. The number of nitrogens with zero attached hydrogens (tertiary/aromatic N) is 3. The predicted molar refractivity (Wildman–Crippen MR) is 241 cm³/mol. The minimum absolute atomic E-state index is 1.10. The molecule has 57 heavy (non-hydrogen) atoms. The van der Waals surface area contributed by atoms with Crippen molar-refractivity contribution in [2.45, 2.75) is 0 Å². The van der Waals surface area contributed by atoms with E-state index in [4.69, 9.17) is 0 Å². The molecule has 0 N–H and O–H groups in total. The summed E-state index contributed by atoms with van der Waals surface area (Å²) in [6, 6.07) is 81.0. The van der Waals surface area contributed by atoms with Crippen LogP contribution in [0, 0.1) is 0 Å². The maximum absolute atomic E-state index is 2.40. The number of anilines is 3. The Bertz CT molecular complexity index is 3200. The van der Waals surface area contributed by atoms with Crippen LogP contribution < -0.4 is 4.90 Å². The highest BCUT2D eigenvalue weighted by molar-refractivity contribution is 6.12. The van der Waals surface area contributed by atoms with Gasteiger partial charge in [-0.2, -0.15) is 0 Å². The van der Waals surface area contributed by atoms with Crippen LogP contribution in [0.3, 0.4) is 0 Å². The normalized spacial score (nSPS) is 11.5. The first-order valence-electron chi connectivity index (χ1n) is 19.5. The van der Waals surface area contributed by atoms with Crippen molar-refractivity contribution in [2.24, 2.45) is 0 Å². The summed E-state index contributed by atoms with van der Waals surface area (Å²) in [6.07, 6.45) is 0. The van der Waals surface area contributed by atoms with Crippen molar-refractivity contribution in [2.75, 3.05) is 4.90 Å². The molecule has 0 bridgehead atoms. The van der Waals surface area contributed by atoms with Gasteiger partial charge in [0.2, 0.25) is 0 Å². The van der Waals surface area contributed by atoms with Crippen LogP contribution in [-0.4, -0.2) is 9.13 Å². The van der Waals surface area contributed by atoms with Gasteiger partial charge in [0, 0.05) is 50.0 Å². The Kier molecular flexibility index (Phi) is 7.82. The average molecular weight is 728 g/mol. The summed E-state index contributed by atoms with van der Waals surface area (Å²) in [5.41, 5.74) is 15.3. The first-order valence-corrected chi connectivity index (χ1v) is 19.5. The summed E-state index contributed by atoms with van der Waals surface area (Å²) in [5.74, 6) is 0. The first kappa shape index (κ1) is 32.8. The van der Waals surface area contributed by atoms with Crippen molar-refractivity contribution in [3.8, 4) is 33.6 Å². The van der Waals surface area contributed by atoms with Crippen molar-refractivity contribution in [3.63, 3.8) is 0 Å². The summed E-state index contributed by atoms with van der Waals surface area (Å²) in [4.78, 5) is 2.32. The minimum Gasteiger partial charge on any atom is -0.311 e. The zero-order valence-electron chi connectivity index (χ0n) is 31.2. The van der Waals surface area contributed by atoms with Gasteiger partial charge in [-0.15, -0.1) is 0 Å². The molecule has 268 valence electrons. The molecule has 0 amide bonds. The molecule has 2 heterocycles. The molecule has 0 fully saturated rings. The summed E-state index contributed by atoms with van der Waals surface area (Å²) in [6.45, 7) is 0. The van der Waals surface area contributed by atoms with Crippen molar-refractivity contribution in [1.29, 1.82) is 0 Å². The highest BCUT2D eigenvalue weighted by atomic mass is 15.1. The molecular weight excluding hydrogens is 691 g/mol. The molecule has 0 aliphatic rings. The Morgan fingerprint density at radius 2 is 0.614 bits per heavy atom. The van der Waals surface area contributed by atoms with Gasteiger partial charge in [-0.1, -0.05) is 127 Å². The zero-order chi connectivity index (χ0) is 37.7. The fourth-order valence-corrected chi connectivity index (χ4v) is 8.65. The van der Waals surface area contributed by atoms with Crippen molar-refractivity contribution < 1.29 is 0 Å². The van der Waals surface area contributed by atoms with E-state index in [-0.39, 0.29) is 0 Å². The van der Waals surface area contributed by atoms with E-state index in [1.54, 1.807) is 0 Å². The van der Waals surface area contributed by atoms with Crippen LogP contribution >= 0.6 is 0 Å². The molecular formula is C54H37N3. The molecule has 0 spiro atoms. The molecule has 3 nitrogen and oxygen atoms in total. The molecule has 11 aromatic rings. The van der Waals surface area contributed by atoms with Crippen LogP contribution in [0.1, 0.15) is 0 Å². The highest BCUT2D eigenvalue weighted by Gasteiger charge is 2.17. The van der Waals surface area contributed by atoms with E-state index < -0.39 is 0 Å². The number of fused-ring (bicyclic) bond motifs is 6. The third-order valence-electron chi connectivity index (χ3n) is 11.3. The Hall–Kier alpha value is -7.62. The lowest BCUT2D eigenvalue weighted by atomic mass is 10.0. The van der Waals surface area contributed by atoms with Gasteiger partial charge >= 0.3 is 0 Å². The number of benzene rings is 9.